The fourth-order valence-electron chi connectivity index (χ4n) is 4.70. The predicted molar refractivity (Wildman–Crippen MR) is 122 cm³/mol. The van der Waals surface area contributed by atoms with E-state index in [1.165, 1.54) is 0 Å². The number of rotatable bonds is 11. The van der Waals surface area contributed by atoms with Gasteiger partial charge < -0.3 is 25.2 Å². The topological polar surface area (TPSA) is 99.1 Å². The molecule has 1 aromatic carbocycles. The maximum absolute atomic E-state index is 13.0. The highest BCUT2D eigenvalue weighted by Gasteiger charge is 2.50. The number of carbonyl (C=O) groups excluding carboxylic acids is 2. The van der Waals surface area contributed by atoms with Crippen LogP contribution in [0.15, 0.2) is 35.9 Å². The van der Waals surface area contributed by atoms with Gasteiger partial charge in [-0.1, -0.05) is 51.3 Å². The zero-order valence-corrected chi connectivity index (χ0v) is 19.1. The first-order valence-electron chi connectivity index (χ1n) is 11.9. The first kappa shape index (κ1) is 24.3. The van der Waals surface area contributed by atoms with Gasteiger partial charge in [-0.25, -0.2) is 0 Å². The van der Waals surface area contributed by atoms with Gasteiger partial charge in [-0.2, -0.15) is 0 Å². The predicted octanol–water partition coefficient (Wildman–Crippen LogP) is 2.52. The van der Waals surface area contributed by atoms with E-state index < -0.39 is 24.2 Å². The Morgan fingerprint density at radius 1 is 1.12 bits per heavy atom. The molecule has 176 valence electrons. The van der Waals surface area contributed by atoms with Crippen LogP contribution in [0, 0.1) is 0 Å². The van der Waals surface area contributed by atoms with Gasteiger partial charge in [0.2, 0.25) is 11.8 Å². The van der Waals surface area contributed by atoms with E-state index in [4.69, 9.17) is 9.84 Å². The first-order chi connectivity index (χ1) is 15.5. The molecule has 0 aromatic heterocycles. The Kier molecular flexibility index (Phi) is 8.70. The number of benzene rings is 1. The summed E-state index contributed by atoms with van der Waals surface area (Å²) < 4.78 is 6.11. The van der Waals surface area contributed by atoms with Crippen molar-refractivity contribution in [2.75, 3.05) is 19.7 Å². The second-order valence-electron chi connectivity index (χ2n) is 8.58. The van der Waals surface area contributed by atoms with Crippen molar-refractivity contribution >= 4 is 11.8 Å². The molecule has 3 rings (SSSR count). The van der Waals surface area contributed by atoms with E-state index in [2.05, 4.69) is 12.2 Å². The molecule has 0 fully saturated rings. The molecule has 0 bridgehead atoms. The number of aliphatic hydroxyl groups excluding tert-OH is 2. The van der Waals surface area contributed by atoms with E-state index in [0.717, 1.165) is 31.2 Å². The monoisotopic (exact) mass is 444 g/mol. The molecule has 2 aliphatic rings. The van der Waals surface area contributed by atoms with Crippen LogP contribution in [0.4, 0.5) is 0 Å². The SMILES string of the molecule is CCCCCCN(C(=O)CCC)C1C=C(C(=O)NCCO)C2c3ccccc3OC2C1O. The molecular formula is C25H36N2O5. The zero-order chi connectivity index (χ0) is 23.1. The summed E-state index contributed by atoms with van der Waals surface area (Å²) >= 11 is 0. The smallest absolute Gasteiger partial charge is 0.247 e. The molecule has 0 saturated heterocycles. The lowest BCUT2D eigenvalue weighted by molar-refractivity contribution is -0.137. The van der Waals surface area contributed by atoms with Gasteiger partial charge in [0.15, 0.2) is 0 Å². The number of para-hydroxylation sites is 1. The van der Waals surface area contributed by atoms with E-state index in [0.29, 0.717) is 30.7 Å². The summed E-state index contributed by atoms with van der Waals surface area (Å²) in [6.45, 7) is 4.61. The van der Waals surface area contributed by atoms with E-state index in [1.807, 2.05) is 31.2 Å². The van der Waals surface area contributed by atoms with Crippen LogP contribution in [-0.4, -0.2) is 64.9 Å². The lowest BCUT2D eigenvalue weighted by atomic mass is 9.77. The maximum atomic E-state index is 13.0. The minimum absolute atomic E-state index is 0.0200. The highest BCUT2D eigenvalue weighted by atomic mass is 16.5. The minimum atomic E-state index is -0.950. The molecule has 2 amide bonds. The van der Waals surface area contributed by atoms with E-state index in [1.54, 1.807) is 11.0 Å². The average Bonchev–Trinajstić information content (AvgIpc) is 3.19. The number of nitrogens with zero attached hydrogens (tertiary/aromatic N) is 1. The maximum Gasteiger partial charge on any atom is 0.247 e. The van der Waals surface area contributed by atoms with Gasteiger partial charge in [0.25, 0.3) is 0 Å². The number of hydrogen-bond acceptors (Lipinski definition) is 5. The molecule has 1 aliphatic carbocycles. The van der Waals surface area contributed by atoms with Crippen LogP contribution < -0.4 is 10.1 Å². The van der Waals surface area contributed by atoms with Crippen molar-refractivity contribution in [3.8, 4) is 5.75 Å². The van der Waals surface area contributed by atoms with Crippen LogP contribution in [0.3, 0.4) is 0 Å². The van der Waals surface area contributed by atoms with Crippen molar-refractivity contribution in [2.24, 2.45) is 0 Å². The van der Waals surface area contributed by atoms with Gasteiger partial charge in [-0.15, -0.1) is 0 Å². The van der Waals surface area contributed by atoms with E-state index >= 15 is 0 Å². The van der Waals surface area contributed by atoms with Gasteiger partial charge in [0.05, 0.1) is 18.6 Å². The zero-order valence-electron chi connectivity index (χ0n) is 19.1. The van der Waals surface area contributed by atoms with Crippen molar-refractivity contribution in [1.82, 2.24) is 10.2 Å². The number of amides is 2. The summed E-state index contributed by atoms with van der Waals surface area (Å²) in [6, 6.07) is 6.85. The quantitative estimate of drug-likeness (QED) is 0.456. The van der Waals surface area contributed by atoms with Crippen molar-refractivity contribution in [1.29, 1.82) is 0 Å². The largest absolute Gasteiger partial charge is 0.486 e. The van der Waals surface area contributed by atoms with Gasteiger partial charge in [-0.3, -0.25) is 9.59 Å². The molecule has 0 radical (unpaired) electrons. The molecule has 7 nitrogen and oxygen atoms in total. The van der Waals surface area contributed by atoms with Gasteiger partial charge >= 0.3 is 0 Å². The summed E-state index contributed by atoms with van der Waals surface area (Å²) in [5.74, 6) is -0.0923. The van der Waals surface area contributed by atoms with Crippen LogP contribution in [0.25, 0.3) is 0 Å². The lowest BCUT2D eigenvalue weighted by Crippen LogP contribution is -2.56. The Morgan fingerprint density at radius 3 is 2.62 bits per heavy atom. The van der Waals surface area contributed by atoms with Crippen LogP contribution in [-0.2, 0) is 9.59 Å². The molecule has 0 spiro atoms. The van der Waals surface area contributed by atoms with Crippen molar-refractivity contribution in [2.45, 2.75) is 76.5 Å². The molecular weight excluding hydrogens is 408 g/mol. The Morgan fingerprint density at radius 2 is 1.91 bits per heavy atom. The summed E-state index contributed by atoms with van der Waals surface area (Å²) in [4.78, 5) is 27.8. The molecule has 1 aromatic rings. The standard InChI is InChI=1S/C25H36N2O5/c1-3-5-6-9-14-27(21(29)10-4-2)19-16-18(25(31)26-13-15-28)22-17-11-7-8-12-20(17)32-24(22)23(19)30/h7-8,11-12,16,19,22-24,28,30H,3-6,9-10,13-15H2,1-2H3,(H,26,31). The third kappa shape index (κ3) is 5.15. The van der Waals surface area contributed by atoms with Crippen molar-refractivity contribution in [3.05, 3.63) is 41.5 Å². The number of aliphatic hydroxyl groups is 2. The van der Waals surface area contributed by atoms with Gasteiger partial charge in [-0.05, 0) is 25.0 Å². The molecule has 0 saturated carbocycles. The van der Waals surface area contributed by atoms with Crippen LogP contribution >= 0.6 is 0 Å². The fraction of sp³-hybridized carbons (Fsp3) is 0.600. The summed E-state index contributed by atoms with van der Waals surface area (Å²) in [5.41, 5.74) is 1.33. The number of hydrogen-bond donors (Lipinski definition) is 3. The lowest BCUT2D eigenvalue weighted by Gasteiger charge is -2.41. The Labute approximate surface area is 190 Å². The number of ether oxygens (including phenoxy) is 1. The Balaban J connectivity index is 1.96. The Hall–Kier alpha value is -2.38. The van der Waals surface area contributed by atoms with Gasteiger partial charge in [0.1, 0.15) is 18.0 Å². The van der Waals surface area contributed by atoms with Crippen LogP contribution in [0.1, 0.15) is 63.9 Å². The number of carbonyl (C=O) groups is 2. The van der Waals surface area contributed by atoms with Crippen LogP contribution in [0.5, 0.6) is 5.75 Å². The number of unbranched alkanes of at least 4 members (excludes halogenated alkanes) is 3. The molecule has 1 aliphatic heterocycles. The van der Waals surface area contributed by atoms with Crippen LogP contribution in [0.2, 0.25) is 0 Å². The molecule has 3 N–H and O–H groups in total. The average molecular weight is 445 g/mol. The second-order valence-corrected chi connectivity index (χ2v) is 8.58. The molecule has 4 unspecified atom stereocenters. The number of fused-ring (bicyclic) bond motifs is 3. The molecule has 32 heavy (non-hydrogen) atoms. The van der Waals surface area contributed by atoms with E-state index in [9.17, 15) is 14.7 Å². The third-order valence-electron chi connectivity index (χ3n) is 6.27. The second kappa shape index (κ2) is 11.5. The number of nitrogens with one attached hydrogen (secondary N) is 1. The Bertz CT molecular complexity index is 824. The summed E-state index contributed by atoms with van der Waals surface area (Å²) in [6.07, 6.45) is 5.31. The van der Waals surface area contributed by atoms with Crippen molar-refractivity contribution in [3.63, 3.8) is 0 Å². The first-order valence-corrected chi connectivity index (χ1v) is 11.9. The summed E-state index contributed by atoms with van der Waals surface area (Å²) in [7, 11) is 0. The summed E-state index contributed by atoms with van der Waals surface area (Å²) in [5, 5.41) is 23.2. The highest BCUT2D eigenvalue weighted by Crippen LogP contribution is 2.47. The normalized spacial score (nSPS) is 23.6. The van der Waals surface area contributed by atoms with Gasteiger partial charge in [0, 0.05) is 30.6 Å². The highest BCUT2D eigenvalue weighted by molar-refractivity contribution is 5.96. The molecule has 4 atom stereocenters. The third-order valence-corrected chi connectivity index (χ3v) is 6.27. The molecule has 7 heteroatoms. The fourth-order valence-corrected chi connectivity index (χ4v) is 4.70. The van der Waals surface area contributed by atoms with Crippen molar-refractivity contribution < 1.29 is 24.5 Å². The van der Waals surface area contributed by atoms with E-state index in [-0.39, 0.29) is 25.0 Å². The molecule has 1 heterocycles. The minimum Gasteiger partial charge on any atom is -0.486 e.